The summed E-state index contributed by atoms with van der Waals surface area (Å²) in [6.45, 7) is 0. The lowest BCUT2D eigenvalue weighted by atomic mass is 10.0. The highest BCUT2D eigenvalue weighted by atomic mass is 16.4. The fourth-order valence-corrected chi connectivity index (χ4v) is 1.79. The maximum absolute atomic E-state index is 11.0. The van der Waals surface area contributed by atoms with Crippen LogP contribution in [0.4, 0.5) is 0 Å². The highest BCUT2D eigenvalue weighted by Gasteiger charge is 2.06. The van der Waals surface area contributed by atoms with Gasteiger partial charge in [-0.1, -0.05) is 60.7 Å². The van der Waals surface area contributed by atoms with Gasteiger partial charge in [-0.3, -0.25) is 0 Å². The Labute approximate surface area is 106 Å². The zero-order valence-corrected chi connectivity index (χ0v) is 9.91. The molecule has 0 aliphatic carbocycles. The summed E-state index contributed by atoms with van der Waals surface area (Å²) >= 11 is 0. The first kappa shape index (κ1) is 12.1. The average Bonchev–Trinajstić information content (AvgIpc) is 2.40. The van der Waals surface area contributed by atoms with E-state index in [0.29, 0.717) is 12.0 Å². The van der Waals surface area contributed by atoms with Gasteiger partial charge in [0.25, 0.3) is 0 Å². The predicted molar refractivity (Wildman–Crippen MR) is 72.6 cm³/mol. The van der Waals surface area contributed by atoms with Crippen molar-refractivity contribution in [2.75, 3.05) is 0 Å². The van der Waals surface area contributed by atoms with Crippen molar-refractivity contribution >= 4 is 12.0 Å². The van der Waals surface area contributed by atoms with Crippen LogP contribution in [0.3, 0.4) is 0 Å². The second kappa shape index (κ2) is 5.82. The highest BCUT2D eigenvalue weighted by Crippen LogP contribution is 2.11. The summed E-state index contributed by atoms with van der Waals surface area (Å²) in [5, 5.41) is 9.06. The van der Waals surface area contributed by atoms with Crippen LogP contribution in [0.25, 0.3) is 6.08 Å². The van der Waals surface area contributed by atoms with Crippen LogP contribution in [0.15, 0.2) is 60.7 Å². The van der Waals surface area contributed by atoms with Crippen molar-refractivity contribution in [3.8, 4) is 0 Å². The number of carboxylic acid groups (broad SMARTS) is 1. The number of hydrogen-bond acceptors (Lipinski definition) is 1. The van der Waals surface area contributed by atoms with Crippen molar-refractivity contribution in [2.24, 2.45) is 0 Å². The largest absolute Gasteiger partial charge is 0.478 e. The van der Waals surface area contributed by atoms with Crippen molar-refractivity contribution in [2.45, 2.75) is 6.42 Å². The van der Waals surface area contributed by atoms with E-state index in [1.54, 1.807) is 12.1 Å². The predicted octanol–water partition coefficient (Wildman–Crippen LogP) is 3.64. The van der Waals surface area contributed by atoms with Crippen LogP contribution in [0.2, 0.25) is 0 Å². The van der Waals surface area contributed by atoms with Gasteiger partial charge in [0.2, 0.25) is 0 Å². The Balaban J connectivity index is 2.11. The molecule has 0 unspecified atom stereocenters. The standard InChI is InChI=1S/C16H14O2/c17-16(18)15-12-5-4-10-14(15)11-6-9-13-7-2-1-3-8-13/h1-10,12H,11H2,(H,17,18). The molecule has 0 heterocycles. The van der Waals surface area contributed by atoms with E-state index in [1.807, 2.05) is 54.6 Å². The molecular weight excluding hydrogens is 224 g/mol. The number of allylic oxidation sites excluding steroid dienone is 1. The highest BCUT2D eigenvalue weighted by molar-refractivity contribution is 5.89. The summed E-state index contributed by atoms with van der Waals surface area (Å²) < 4.78 is 0. The fraction of sp³-hybridized carbons (Fsp3) is 0.0625. The lowest BCUT2D eigenvalue weighted by Gasteiger charge is -2.02. The van der Waals surface area contributed by atoms with Gasteiger partial charge in [0.05, 0.1) is 5.56 Å². The SMILES string of the molecule is O=C(O)c1ccccc1CC=Cc1ccccc1. The van der Waals surface area contributed by atoms with Crippen LogP contribution >= 0.6 is 0 Å². The molecule has 0 bridgehead atoms. The lowest BCUT2D eigenvalue weighted by Crippen LogP contribution is -2.01. The first-order valence-corrected chi connectivity index (χ1v) is 5.80. The molecule has 2 nitrogen and oxygen atoms in total. The topological polar surface area (TPSA) is 37.3 Å². The van der Waals surface area contributed by atoms with Gasteiger partial charge in [-0.15, -0.1) is 0 Å². The van der Waals surface area contributed by atoms with Crippen molar-refractivity contribution in [3.05, 3.63) is 77.4 Å². The van der Waals surface area contributed by atoms with Crippen molar-refractivity contribution in [3.63, 3.8) is 0 Å². The molecule has 90 valence electrons. The monoisotopic (exact) mass is 238 g/mol. The molecule has 0 saturated heterocycles. The molecule has 0 aliphatic rings. The smallest absolute Gasteiger partial charge is 0.335 e. The number of carboxylic acids is 1. The van der Waals surface area contributed by atoms with E-state index in [-0.39, 0.29) is 0 Å². The maximum Gasteiger partial charge on any atom is 0.335 e. The van der Waals surface area contributed by atoms with Gasteiger partial charge in [0, 0.05) is 0 Å². The molecule has 2 aromatic rings. The number of hydrogen-bond donors (Lipinski definition) is 1. The van der Waals surface area contributed by atoms with E-state index < -0.39 is 5.97 Å². The minimum absolute atomic E-state index is 0.371. The number of aromatic carboxylic acids is 1. The molecule has 2 aromatic carbocycles. The van der Waals surface area contributed by atoms with Gasteiger partial charge >= 0.3 is 5.97 Å². The second-order valence-corrected chi connectivity index (χ2v) is 3.98. The van der Waals surface area contributed by atoms with Gasteiger partial charge in [-0.05, 0) is 23.6 Å². The van der Waals surface area contributed by atoms with Crippen LogP contribution in [0.5, 0.6) is 0 Å². The normalized spacial score (nSPS) is 10.7. The first-order valence-electron chi connectivity index (χ1n) is 5.80. The summed E-state index contributed by atoms with van der Waals surface area (Å²) in [5.41, 5.74) is 2.32. The van der Waals surface area contributed by atoms with Crippen molar-refractivity contribution in [1.29, 1.82) is 0 Å². The molecule has 0 atom stereocenters. The van der Waals surface area contributed by atoms with Gasteiger partial charge in [-0.25, -0.2) is 4.79 Å². The summed E-state index contributed by atoms with van der Waals surface area (Å²) in [6, 6.07) is 17.0. The van der Waals surface area contributed by atoms with E-state index in [1.165, 1.54) is 0 Å². The molecule has 1 N–H and O–H groups in total. The molecule has 0 aliphatic heterocycles. The molecule has 0 aromatic heterocycles. The van der Waals surface area contributed by atoms with Crippen molar-refractivity contribution < 1.29 is 9.90 Å². The molecule has 0 amide bonds. The zero-order valence-electron chi connectivity index (χ0n) is 9.91. The Morgan fingerprint density at radius 2 is 1.67 bits per heavy atom. The number of carbonyl (C=O) groups is 1. The third-order valence-electron chi connectivity index (χ3n) is 2.70. The van der Waals surface area contributed by atoms with Gasteiger partial charge < -0.3 is 5.11 Å². The second-order valence-electron chi connectivity index (χ2n) is 3.98. The minimum Gasteiger partial charge on any atom is -0.478 e. The van der Waals surface area contributed by atoms with E-state index in [0.717, 1.165) is 11.1 Å². The van der Waals surface area contributed by atoms with Crippen LogP contribution in [-0.4, -0.2) is 11.1 Å². The minimum atomic E-state index is -0.876. The molecule has 0 saturated carbocycles. The molecule has 2 rings (SSSR count). The van der Waals surface area contributed by atoms with Gasteiger partial charge in [-0.2, -0.15) is 0 Å². The Morgan fingerprint density at radius 3 is 2.39 bits per heavy atom. The Kier molecular flexibility index (Phi) is 3.92. The number of rotatable bonds is 4. The number of benzene rings is 2. The molecule has 0 fully saturated rings. The van der Waals surface area contributed by atoms with Crippen LogP contribution in [-0.2, 0) is 6.42 Å². The average molecular weight is 238 g/mol. The molecule has 0 radical (unpaired) electrons. The molecule has 18 heavy (non-hydrogen) atoms. The summed E-state index contributed by atoms with van der Waals surface area (Å²) in [4.78, 5) is 11.0. The summed E-state index contributed by atoms with van der Waals surface area (Å²) in [6.07, 6.45) is 4.60. The van der Waals surface area contributed by atoms with Gasteiger partial charge in [0.15, 0.2) is 0 Å². The van der Waals surface area contributed by atoms with Gasteiger partial charge in [0.1, 0.15) is 0 Å². The third kappa shape index (κ3) is 3.08. The third-order valence-corrected chi connectivity index (χ3v) is 2.70. The van der Waals surface area contributed by atoms with Crippen LogP contribution in [0, 0.1) is 0 Å². The van der Waals surface area contributed by atoms with Crippen LogP contribution < -0.4 is 0 Å². The van der Waals surface area contributed by atoms with E-state index in [4.69, 9.17) is 5.11 Å². The van der Waals surface area contributed by atoms with E-state index in [2.05, 4.69) is 0 Å². The lowest BCUT2D eigenvalue weighted by molar-refractivity contribution is 0.0696. The Hall–Kier alpha value is -2.35. The van der Waals surface area contributed by atoms with E-state index >= 15 is 0 Å². The molecular formula is C16H14O2. The fourth-order valence-electron chi connectivity index (χ4n) is 1.79. The molecule has 2 heteroatoms. The summed E-state index contributed by atoms with van der Waals surface area (Å²) in [7, 11) is 0. The molecule has 0 spiro atoms. The Morgan fingerprint density at radius 1 is 1.00 bits per heavy atom. The van der Waals surface area contributed by atoms with Crippen molar-refractivity contribution in [1.82, 2.24) is 0 Å². The summed E-state index contributed by atoms with van der Waals surface area (Å²) in [5.74, 6) is -0.876. The maximum atomic E-state index is 11.0. The van der Waals surface area contributed by atoms with E-state index in [9.17, 15) is 4.79 Å². The van der Waals surface area contributed by atoms with Crippen LogP contribution in [0.1, 0.15) is 21.5 Å². The first-order chi connectivity index (χ1) is 8.77. The zero-order chi connectivity index (χ0) is 12.8. The Bertz CT molecular complexity index is 556. The quantitative estimate of drug-likeness (QED) is 0.882.